The highest BCUT2D eigenvalue weighted by Gasteiger charge is 1.49. The van der Waals surface area contributed by atoms with Crippen LogP contribution >= 0.6 is 12.6 Å². The average molecular weight is 100 g/mol. The van der Waals surface area contributed by atoms with Crippen molar-refractivity contribution in [2.24, 2.45) is 0 Å². The average Bonchev–Trinajstić information content (AvgIpc) is 1.61. The molecule has 0 unspecified atom stereocenters. The zero-order chi connectivity index (χ0) is 4.83. The Kier molecular flexibility index (Phi) is 4.69. The van der Waals surface area contributed by atoms with E-state index in [4.69, 9.17) is 0 Å². The van der Waals surface area contributed by atoms with Crippen LogP contribution in [0.25, 0.3) is 0 Å². The standard InChI is InChI=1S/C5H8S/c1-2-3-4-5-6/h2-6H,1H3/b3-2+,5-4-. The lowest BCUT2D eigenvalue weighted by Gasteiger charge is -1.62. The lowest BCUT2D eigenvalue weighted by molar-refractivity contribution is 1.74. The molecule has 0 heterocycles. The van der Waals surface area contributed by atoms with Gasteiger partial charge in [-0.1, -0.05) is 18.2 Å². The van der Waals surface area contributed by atoms with Crippen molar-refractivity contribution in [1.29, 1.82) is 0 Å². The van der Waals surface area contributed by atoms with Crippen molar-refractivity contribution in [3.05, 3.63) is 23.6 Å². The van der Waals surface area contributed by atoms with E-state index in [2.05, 4.69) is 12.6 Å². The Morgan fingerprint density at radius 1 is 1.33 bits per heavy atom. The van der Waals surface area contributed by atoms with Crippen LogP contribution in [0.1, 0.15) is 6.92 Å². The Morgan fingerprint density at radius 3 is 2.17 bits per heavy atom. The van der Waals surface area contributed by atoms with Gasteiger partial charge in [0.25, 0.3) is 0 Å². The fourth-order valence-corrected chi connectivity index (χ4v) is 0.260. The first-order chi connectivity index (χ1) is 2.91. The summed E-state index contributed by atoms with van der Waals surface area (Å²) >= 11 is 3.82. The van der Waals surface area contributed by atoms with Gasteiger partial charge in [0.15, 0.2) is 0 Å². The van der Waals surface area contributed by atoms with E-state index in [1.54, 1.807) is 5.41 Å². The van der Waals surface area contributed by atoms with Crippen molar-refractivity contribution in [3.8, 4) is 0 Å². The number of thiol groups is 1. The Morgan fingerprint density at radius 2 is 2.00 bits per heavy atom. The molecule has 0 saturated carbocycles. The third kappa shape index (κ3) is 3.83. The molecule has 0 N–H and O–H groups in total. The van der Waals surface area contributed by atoms with E-state index in [-0.39, 0.29) is 0 Å². The molecule has 0 aliphatic carbocycles. The van der Waals surface area contributed by atoms with Gasteiger partial charge in [0.2, 0.25) is 0 Å². The summed E-state index contributed by atoms with van der Waals surface area (Å²) in [5, 5.41) is 1.69. The Labute approximate surface area is 44.0 Å². The molecule has 0 aliphatic rings. The van der Waals surface area contributed by atoms with Gasteiger partial charge in [-0.3, -0.25) is 0 Å². The zero-order valence-electron chi connectivity index (χ0n) is 3.76. The van der Waals surface area contributed by atoms with Crippen LogP contribution in [0.3, 0.4) is 0 Å². The monoisotopic (exact) mass is 100 g/mol. The van der Waals surface area contributed by atoms with E-state index in [9.17, 15) is 0 Å². The van der Waals surface area contributed by atoms with Crippen LogP contribution in [0.15, 0.2) is 23.6 Å². The summed E-state index contributed by atoms with van der Waals surface area (Å²) in [5.41, 5.74) is 0. The smallest absolute Gasteiger partial charge is 0.0324 e. The molecule has 0 nitrogen and oxygen atoms in total. The van der Waals surface area contributed by atoms with E-state index >= 15 is 0 Å². The molecule has 0 atom stereocenters. The summed E-state index contributed by atoms with van der Waals surface area (Å²) < 4.78 is 0. The van der Waals surface area contributed by atoms with Crippen LogP contribution in [0, 0.1) is 0 Å². The topological polar surface area (TPSA) is 0 Å². The van der Waals surface area contributed by atoms with Crippen molar-refractivity contribution < 1.29 is 0 Å². The van der Waals surface area contributed by atoms with E-state index in [1.165, 1.54) is 0 Å². The van der Waals surface area contributed by atoms with Crippen LogP contribution in [-0.2, 0) is 0 Å². The van der Waals surface area contributed by atoms with E-state index in [0.29, 0.717) is 0 Å². The zero-order valence-corrected chi connectivity index (χ0v) is 4.65. The molecular formula is C5H8S. The van der Waals surface area contributed by atoms with Gasteiger partial charge >= 0.3 is 0 Å². The van der Waals surface area contributed by atoms with Crippen molar-refractivity contribution in [2.75, 3.05) is 0 Å². The van der Waals surface area contributed by atoms with Crippen LogP contribution in [0.2, 0.25) is 0 Å². The van der Waals surface area contributed by atoms with Gasteiger partial charge in [-0.25, -0.2) is 0 Å². The number of rotatable bonds is 1. The van der Waals surface area contributed by atoms with Gasteiger partial charge in [0.05, 0.1) is 0 Å². The molecule has 6 heavy (non-hydrogen) atoms. The third-order valence-corrected chi connectivity index (χ3v) is 0.562. The Balaban J connectivity index is 3.07. The third-order valence-electron chi connectivity index (χ3n) is 0.390. The van der Waals surface area contributed by atoms with Gasteiger partial charge in [-0.2, -0.15) is 12.6 Å². The Hall–Kier alpha value is -0.170. The molecule has 0 bridgehead atoms. The van der Waals surface area contributed by atoms with Gasteiger partial charge in [-0.15, -0.1) is 0 Å². The van der Waals surface area contributed by atoms with Crippen LogP contribution in [0.5, 0.6) is 0 Å². The predicted octanol–water partition coefficient (Wildman–Crippen LogP) is 2.01. The molecule has 0 aromatic heterocycles. The SMILES string of the molecule is C/C=C/C=C\S. The maximum absolute atomic E-state index is 3.82. The van der Waals surface area contributed by atoms with Crippen molar-refractivity contribution in [1.82, 2.24) is 0 Å². The quantitative estimate of drug-likeness (QED) is 0.378. The minimum absolute atomic E-state index is 1.69. The lowest BCUT2D eigenvalue weighted by Crippen LogP contribution is -1.37. The maximum Gasteiger partial charge on any atom is -0.0324 e. The first kappa shape index (κ1) is 5.83. The largest absolute Gasteiger partial charge is 0.151 e. The summed E-state index contributed by atoms with van der Waals surface area (Å²) in [4.78, 5) is 0. The Bertz CT molecular complexity index is 52.3. The molecule has 0 amide bonds. The highest BCUT2D eigenvalue weighted by atomic mass is 32.1. The minimum atomic E-state index is 1.69. The summed E-state index contributed by atoms with van der Waals surface area (Å²) in [5.74, 6) is 0. The molecule has 0 aliphatic heterocycles. The second kappa shape index (κ2) is 4.83. The first-order valence-corrected chi connectivity index (χ1v) is 2.35. The van der Waals surface area contributed by atoms with Gasteiger partial charge < -0.3 is 0 Å². The fourth-order valence-electron chi connectivity index (χ4n) is 0.161. The summed E-state index contributed by atoms with van der Waals surface area (Å²) in [6.07, 6.45) is 5.74. The van der Waals surface area contributed by atoms with E-state index in [0.717, 1.165) is 0 Å². The van der Waals surface area contributed by atoms with Gasteiger partial charge in [0.1, 0.15) is 0 Å². The first-order valence-electron chi connectivity index (χ1n) is 1.84. The maximum atomic E-state index is 3.82. The van der Waals surface area contributed by atoms with Crippen LogP contribution in [-0.4, -0.2) is 0 Å². The predicted molar refractivity (Wildman–Crippen MR) is 32.9 cm³/mol. The summed E-state index contributed by atoms with van der Waals surface area (Å²) in [6.45, 7) is 1.97. The highest BCUT2D eigenvalue weighted by molar-refractivity contribution is 7.83. The molecule has 0 radical (unpaired) electrons. The van der Waals surface area contributed by atoms with E-state index < -0.39 is 0 Å². The molecule has 34 valence electrons. The molecule has 0 saturated heterocycles. The second-order valence-corrected chi connectivity index (χ2v) is 1.17. The van der Waals surface area contributed by atoms with Crippen molar-refractivity contribution in [2.45, 2.75) is 6.92 Å². The van der Waals surface area contributed by atoms with Gasteiger partial charge in [0, 0.05) is 0 Å². The lowest BCUT2D eigenvalue weighted by atomic mass is 10.5. The minimum Gasteiger partial charge on any atom is -0.151 e. The van der Waals surface area contributed by atoms with Crippen molar-refractivity contribution in [3.63, 3.8) is 0 Å². The molecule has 0 spiro atoms. The van der Waals surface area contributed by atoms with Crippen LogP contribution < -0.4 is 0 Å². The highest BCUT2D eigenvalue weighted by Crippen LogP contribution is 1.77. The number of hydrogen-bond acceptors (Lipinski definition) is 1. The molecule has 1 heteroatoms. The summed E-state index contributed by atoms with van der Waals surface area (Å²) in [7, 11) is 0. The molecular weight excluding hydrogens is 92.1 g/mol. The summed E-state index contributed by atoms with van der Waals surface area (Å²) in [6, 6.07) is 0. The molecule has 0 aromatic rings. The van der Waals surface area contributed by atoms with Crippen LogP contribution in [0.4, 0.5) is 0 Å². The number of allylic oxidation sites excluding steroid dienone is 3. The molecule has 0 aromatic carbocycles. The second-order valence-electron chi connectivity index (χ2n) is 0.867. The van der Waals surface area contributed by atoms with E-state index in [1.807, 2.05) is 25.2 Å². The fraction of sp³-hybridized carbons (Fsp3) is 0.200. The normalized spacial score (nSPS) is 11.7. The van der Waals surface area contributed by atoms with Crippen molar-refractivity contribution >= 4 is 12.6 Å². The van der Waals surface area contributed by atoms with Gasteiger partial charge in [-0.05, 0) is 12.3 Å². The molecule has 0 fully saturated rings. The number of hydrogen-bond donors (Lipinski definition) is 1. The molecule has 0 rings (SSSR count).